The fourth-order valence-corrected chi connectivity index (χ4v) is 4.12. The van der Waals surface area contributed by atoms with Crippen molar-refractivity contribution >= 4 is 34.6 Å². The molecule has 9 heteroatoms. The van der Waals surface area contributed by atoms with Gasteiger partial charge in [0.15, 0.2) is 17.1 Å². The lowest BCUT2D eigenvalue weighted by molar-refractivity contribution is 0.355. The molecule has 3 aromatic rings. The smallest absolute Gasteiger partial charge is 0.223 e. The van der Waals surface area contributed by atoms with Crippen molar-refractivity contribution < 1.29 is 9.47 Å². The van der Waals surface area contributed by atoms with Crippen molar-refractivity contribution in [2.75, 3.05) is 37.7 Å². The van der Waals surface area contributed by atoms with Crippen LogP contribution in [-0.4, -0.2) is 53.0 Å². The van der Waals surface area contributed by atoms with Crippen molar-refractivity contribution in [2.45, 2.75) is 24.4 Å². The fraction of sp³-hybridized carbons (Fsp3) is 0.389. The van der Waals surface area contributed by atoms with Crippen LogP contribution in [0.25, 0.3) is 11.2 Å². The summed E-state index contributed by atoms with van der Waals surface area (Å²) in [6.45, 7) is 2.17. The number of nitrogens with two attached hydrogens (primary N) is 1. The van der Waals surface area contributed by atoms with Crippen molar-refractivity contribution in [3.63, 3.8) is 0 Å². The number of nitrogens with zero attached hydrogens (tertiary/aromatic N) is 4. The quantitative estimate of drug-likeness (QED) is 0.448. The Morgan fingerprint density at radius 1 is 1.22 bits per heavy atom. The van der Waals surface area contributed by atoms with E-state index in [-0.39, 0.29) is 5.95 Å². The number of fused-ring (bicyclic) bond motifs is 1. The summed E-state index contributed by atoms with van der Waals surface area (Å²) in [5.41, 5.74) is 8.28. The molecule has 0 unspecified atom stereocenters. The number of ether oxygens (including phenoxy) is 2. The predicted octanol–water partition coefficient (Wildman–Crippen LogP) is 2.96. The third-order valence-corrected chi connectivity index (χ3v) is 5.60. The summed E-state index contributed by atoms with van der Waals surface area (Å²) in [7, 11) is 5.36. The van der Waals surface area contributed by atoms with Gasteiger partial charge in [-0.1, -0.05) is 6.92 Å². The number of hydrogen-bond acceptors (Lipinski definition) is 8. The van der Waals surface area contributed by atoms with Crippen LogP contribution >= 0.6 is 11.8 Å². The molecule has 0 aliphatic carbocycles. The minimum atomic E-state index is 0.235. The van der Waals surface area contributed by atoms with Gasteiger partial charge >= 0.3 is 0 Å². The first kappa shape index (κ1) is 19.1. The lowest BCUT2D eigenvalue weighted by atomic mass is 10.2. The highest BCUT2D eigenvalue weighted by Crippen LogP contribution is 2.33. The van der Waals surface area contributed by atoms with Gasteiger partial charge in [-0.3, -0.25) is 0 Å². The highest BCUT2D eigenvalue weighted by atomic mass is 32.2. The number of rotatable bonds is 8. The van der Waals surface area contributed by atoms with Crippen molar-refractivity contribution in [3.8, 4) is 11.5 Å². The van der Waals surface area contributed by atoms with Gasteiger partial charge in [0.2, 0.25) is 5.95 Å². The Kier molecular flexibility index (Phi) is 5.90. The van der Waals surface area contributed by atoms with Gasteiger partial charge in [0.1, 0.15) is 10.5 Å². The van der Waals surface area contributed by atoms with Gasteiger partial charge in [-0.25, -0.2) is 9.97 Å². The summed E-state index contributed by atoms with van der Waals surface area (Å²) in [6.07, 6.45) is 2.58. The maximum Gasteiger partial charge on any atom is 0.223 e. The van der Waals surface area contributed by atoms with Gasteiger partial charge in [0.05, 0.1) is 20.5 Å². The molecule has 0 spiro atoms. The third-order valence-electron chi connectivity index (χ3n) is 4.48. The summed E-state index contributed by atoms with van der Waals surface area (Å²) in [6, 6.07) is 6.23. The Labute approximate surface area is 162 Å². The molecular weight excluding hydrogens is 364 g/mol. The number of methoxy groups -OCH3 is 2. The first-order valence-electron chi connectivity index (χ1n) is 8.61. The number of imidazole rings is 1. The van der Waals surface area contributed by atoms with E-state index < -0.39 is 0 Å². The Bertz CT molecular complexity index is 916. The molecule has 3 rings (SSSR count). The zero-order valence-electron chi connectivity index (χ0n) is 15.9. The summed E-state index contributed by atoms with van der Waals surface area (Å²) < 4.78 is 10.7. The molecule has 8 nitrogen and oxygen atoms in total. The second-order valence-corrected chi connectivity index (χ2v) is 7.02. The van der Waals surface area contributed by atoms with E-state index in [2.05, 4.69) is 38.8 Å². The second-order valence-electron chi connectivity index (χ2n) is 6.01. The standard InChI is InChI=1S/C18H24N6O2S/c1-5-11(24(2)12-6-7-13(25-3)14(8-12)26-4)9-27-17-15-16(21-10-20-15)22-18(19)23-17/h6-8,10-11H,5,9H2,1-4H3,(H3,19,20,21,22,23)/t11-/m0/s1. The van der Waals surface area contributed by atoms with Crippen molar-refractivity contribution in [1.29, 1.82) is 0 Å². The highest BCUT2D eigenvalue weighted by molar-refractivity contribution is 7.99. The summed E-state index contributed by atoms with van der Waals surface area (Å²) in [5.74, 6) is 2.51. The van der Waals surface area contributed by atoms with Crippen LogP contribution < -0.4 is 20.1 Å². The average Bonchev–Trinajstić information content (AvgIpc) is 3.15. The first-order chi connectivity index (χ1) is 13.1. The molecule has 0 saturated carbocycles. The largest absolute Gasteiger partial charge is 0.493 e. The fourth-order valence-electron chi connectivity index (χ4n) is 2.86. The Balaban J connectivity index is 1.77. The maximum absolute atomic E-state index is 5.81. The number of thioether (sulfide) groups is 1. The van der Waals surface area contributed by atoms with Crippen LogP contribution in [0.2, 0.25) is 0 Å². The monoisotopic (exact) mass is 388 g/mol. The normalized spacial score (nSPS) is 12.1. The molecule has 144 valence electrons. The summed E-state index contributed by atoms with van der Waals surface area (Å²) >= 11 is 1.64. The highest BCUT2D eigenvalue weighted by Gasteiger charge is 2.18. The molecule has 2 heterocycles. The number of nitrogen functional groups attached to an aromatic ring is 1. The van der Waals surface area contributed by atoms with E-state index in [0.29, 0.717) is 17.4 Å². The molecule has 1 atom stereocenters. The first-order valence-corrected chi connectivity index (χ1v) is 9.60. The Morgan fingerprint density at radius 2 is 2.00 bits per heavy atom. The zero-order valence-corrected chi connectivity index (χ0v) is 16.7. The van der Waals surface area contributed by atoms with Crippen LogP contribution in [0.3, 0.4) is 0 Å². The molecule has 27 heavy (non-hydrogen) atoms. The van der Waals surface area contributed by atoms with E-state index in [1.165, 1.54) is 0 Å². The topological polar surface area (TPSA) is 102 Å². The zero-order chi connectivity index (χ0) is 19.4. The van der Waals surface area contributed by atoms with Gasteiger partial charge in [-0.05, 0) is 18.6 Å². The van der Waals surface area contributed by atoms with E-state index in [4.69, 9.17) is 15.2 Å². The molecule has 1 aromatic carbocycles. The molecule has 3 N–H and O–H groups in total. The van der Waals surface area contributed by atoms with Crippen LogP contribution in [0.15, 0.2) is 29.6 Å². The second kappa shape index (κ2) is 8.34. The maximum atomic E-state index is 5.81. The van der Waals surface area contributed by atoms with E-state index >= 15 is 0 Å². The minimum Gasteiger partial charge on any atom is -0.493 e. The molecule has 0 aliphatic heterocycles. The van der Waals surface area contributed by atoms with Gasteiger partial charge < -0.3 is 25.1 Å². The minimum absolute atomic E-state index is 0.235. The van der Waals surface area contributed by atoms with Crippen LogP contribution in [0.5, 0.6) is 11.5 Å². The average molecular weight is 388 g/mol. The number of benzene rings is 1. The molecule has 0 bridgehead atoms. The molecule has 2 aromatic heterocycles. The Morgan fingerprint density at radius 3 is 2.70 bits per heavy atom. The van der Waals surface area contributed by atoms with Crippen molar-refractivity contribution in [3.05, 3.63) is 24.5 Å². The molecule has 0 amide bonds. The molecule has 0 saturated heterocycles. The predicted molar refractivity (Wildman–Crippen MR) is 109 cm³/mol. The van der Waals surface area contributed by atoms with E-state index in [9.17, 15) is 0 Å². The van der Waals surface area contributed by atoms with Crippen LogP contribution in [0.4, 0.5) is 11.6 Å². The van der Waals surface area contributed by atoms with Gasteiger partial charge in [0, 0.05) is 30.6 Å². The van der Waals surface area contributed by atoms with E-state index in [1.54, 1.807) is 32.3 Å². The van der Waals surface area contributed by atoms with E-state index in [0.717, 1.165) is 34.2 Å². The van der Waals surface area contributed by atoms with Crippen molar-refractivity contribution in [1.82, 2.24) is 19.9 Å². The number of hydrogen-bond donors (Lipinski definition) is 2. The van der Waals surface area contributed by atoms with E-state index in [1.807, 2.05) is 18.2 Å². The van der Waals surface area contributed by atoms with Crippen LogP contribution in [-0.2, 0) is 0 Å². The number of aromatic nitrogens is 4. The third kappa shape index (κ3) is 4.02. The van der Waals surface area contributed by atoms with Crippen molar-refractivity contribution in [2.24, 2.45) is 0 Å². The SMILES string of the molecule is CC[C@@H](CSc1nc(N)nc2nc[nH]c12)N(C)c1ccc(OC)c(OC)c1. The number of aromatic amines is 1. The number of nitrogens with one attached hydrogen (secondary N) is 1. The lowest BCUT2D eigenvalue weighted by Crippen LogP contribution is -2.33. The molecule has 0 radical (unpaired) electrons. The van der Waals surface area contributed by atoms with Gasteiger partial charge in [0.25, 0.3) is 0 Å². The lowest BCUT2D eigenvalue weighted by Gasteiger charge is -2.29. The van der Waals surface area contributed by atoms with Crippen LogP contribution in [0, 0.1) is 0 Å². The number of H-pyrrole nitrogens is 1. The summed E-state index contributed by atoms with van der Waals surface area (Å²) in [4.78, 5) is 18.0. The molecule has 0 fully saturated rings. The van der Waals surface area contributed by atoms with Gasteiger partial charge in [-0.2, -0.15) is 4.98 Å². The molecular formula is C18H24N6O2S. The van der Waals surface area contributed by atoms with Gasteiger partial charge in [-0.15, -0.1) is 11.8 Å². The summed E-state index contributed by atoms with van der Waals surface area (Å²) in [5, 5.41) is 0.814. The number of anilines is 2. The Hall–Kier alpha value is -2.68. The molecule has 0 aliphatic rings. The van der Waals surface area contributed by atoms with Crippen LogP contribution in [0.1, 0.15) is 13.3 Å².